The number of rotatable bonds is 12. The number of Topliss-reactive ketones (excluding diaryl/α,β-unsaturated/α-hetero) is 1. The number of hydrogen-bond donors (Lipinski definition) is 3. The quantitative estimate of drug-likeness (QED) is 0.413. The van der Waals surface area contributed by atoms with E-state index in [-0.39, 0.29) is 17.5 Å². The van der Waals surface area contributed by atoms with Crippen LogP contribution in [0.5, 0.6) is 0 Å². The first-order valence-corrected chi connectivity index (χ1v) is 12.1. The highest BCUT2D eigenvalue weighted by molar-refractivity contribution is 8.14. The summed E-state index contributed by atoms with van der Waals surface area (Å²) < 4.78 is 0. The van der Waals surface area contributed by atoms with Crippen LogP contribution in [0.1, 0.15) is 61.6 Å². The van der Waals surface area contributed by atoms with E-state index in [4.69, 9.17) is 0 Å². The van der Waals surface area contributed by atoms with Crippen LogP contribution in [0, 0.1) is 0 Å². The fourth-order valence-corrected chi connectivity index (χ4v) is 4.22. The Morgan fingerprint density at radius 3 is 2.73 bits per heavy atom. The van der Waals surface area contributed by atoms with Gasteiger partial charge >= 0.3 is 0 Å². The Morgan fingerprint density at radius 1 is 1.18 bits per heavy atom. The minimum absolute atomic E-state index is 0.156. The van der Waals surface area contributed by atoms with Gasteiger partial charge in [0.1, 0.15) is 16.9 Å². The fraction of sp³-hybridized carbons (Fsp3) is 0.375. The Hall–Kier alpha value is -3.20. The first kappa shape index (κ1) is 24.4. The molecule has 0 bridgehead atoms. The molecule has 33 heavy (non-hydrogen) atoms. The van der Waals surface area contributed by atoms with Crippen LogP contribution in [0.4, 0.5) is 0 Å². The number of carbonyl (C=O) groups excluding carboxylic acids is 3. The molecule has 2 heterocycles. The summed E-state index contributed by atoms with van der Waals surface area (Å²) >= 11 is 1.62. The van der Waals surface area contributed by atoms with Gasteiger partial charge in [-0.05, 0) is 12.8 Å². The molecule has 1 atom stereocenters. The van der Waals surface area contributed by atoms with Gasteiger partial charge in [-0.1, -0.05) is 61.9 Å². The smallest absolute Gasteiger partial charge is 0.287 e. The predicted octanol–water partition coefficient (Wildman–Crippen LogP) is 3.59. The lowest BCUT2D eigenvalue weighted by Gasteiger charge is -2.17. The highest BCUT2D eigenvalue weighted by Crippen LogP contribution is 2.25. The highest BCUT2D eigenvalue weighted by Gasteiger charge is 2.22. The molecule has 1 aliphatic rings. The van der Waals surface area contributed by atoms with Gasteiger partial charge in [-0.25, -0.2) is 9.98 Å². The van der Waals surface area contributed by atoms with Crippen LogP contribution in [0.3, 0.4) is 0 Å². The van der Waals surface area contributed by atoms with E-state index in [0.29, 0.717) is 25.0 Å². The number of imidazole rings is 1. The summed E-state index contributed by atoms with van der Waals surface area (Å²) in [5, 5.41) is 6.47. The van der Waals surface area contributed by atoms with E-state index in [0.717, 1.165) is 35.6 Å². The standard InChI is InChI=1S/C24H29N5O3S/c1-2-19(30)11-7-4-8-12-20(29-23(32)21-25-13-14-26-21)22(31)27-15-18-16-33-24(28-18)17-9-5-3-6-10-17/h3,5-6,9-10,13-15,20H,2,4,7-8,11-12,16H2,1H3,(H,25,26)(H,27,31)(H,29,32)/t20-/m0/s1. The van der Waals surface area contributed by atoms with Gasteiger partial charge in [-0.15, -0.1) is 0 Å². The van der Waals surface area contributed by atoms with E-state index in [1.165, 1.54) is 6.20 Å². The van der Waals surface area contributed by atoms with E-state index < -0.39 is 11.9 Å². The molecule has 0 unspecified atom stereocenters. The van der Waals surface area contributed by atoms with Crippen molar-refractivity contribution < 1.29 is 14.4 Å². The van der Waals surface area contributed by atoms with E-state index in [1.807, 2.05) is 37.3 Å². The largest absolute Gasteiger partial charge is 0.341 e. The zero-order chi connectivity index (χ0) is 23.5. The number of aliphatic imine (C=N–C) groups is 1. The predicted molar refractivity (Wildman–Crippen MR) is 130 cm³/mol. The van der Waals surface area contributed by atoms with Crippen LogP contribution in [0.2, 0.25) is 0 Å². The molecule has 174 valence electrons. The van der Waals surface area contributed by atoms with Gasteiger partial charge in [-0.3, -0.25) is 14.4 Å². The number of unbranched alkanes of at least 4 members (excludes halogenated alkanes) is 2. The van der Waals surface area contributed by atoms with Crippen molar-refractivity contribution in [3.05, 3.63) is 66.0 Å². The average Bonchev–Trinajstić information content (AvgIpc) is 3.54. The number of benzene rings is 1. The third kappa shape index (κ3) is 7.71. The molecule has 2 aromatic rings. The van der Waals surface area contributed by atoms with Gasteiger partial charge in [0.05, 0.1) is 5.70 Å². The topological polar surface area (TPSA) is 116 Å². The van der Waals surface area contributed by atoms with E-state index in [9.17, 15) is 14.4 Å². The molecule has 3 rings (SSSR count). The lowest BCUT2D eigenvalue weighted by atomic mass is 10.0. The summed E-state index contributed by atoms with van der Waals surface area (Å²) in [6.07, 6.45) is 8.53. The van der Waals surface area contributed by atoms with E-state index in [1.54, 1.807) is 24.2 Å². The number of ketones is 1. The van der Waals surface area contributed by atoms with Gasteiger partial charge in [0, 0.05) is 42.8 Å². The maximum atomic E-state index is 12.9. The van der Waals surface area contributed by atoms with Crippen LogP contribution in [-0.2, 0) is 9.59 Å². The van der Waals surface area contributed by atoms with Crippen molar-refractivity contribution in [2.45, 2.75) is 51.5 Å². The third-order valence-corrected chi connectivity index (χ3v) is 6.22. The van der Waals surface area contributed by atoms with Gasteiger partial charge in [0.2, 0.25) is 5.91 Å². The number of aromatic nitrogens is 2. The highest BCUT2D eigenvalue weighted by atomic mass is 32.2. The maximum Gasteiger partial charge on any atom is 0.287 e. The Labute approximate surface area is 197 Å². The summed E-state index contributed by atoms with van der Waals surface area (Å²) in [5.41, 5.74) is 1.81. The van der Waals surface area contributed by atoms with Crippen LogP contribution in [-0.4, -0.2) is 44.4 Å². The molecule has 1 aromatic carbocycles. The SMILES string of the molecule is CCC(=O)CCCCC[C@H](NC(=O)c1ncc[nH]1)C(=O)NC=C1CSC(c2ccccc2)=N1. The number of aromatic amines is 1. The number of thioether (sulfide) groups is 1. The second-order valence-corrected chi connectivity index (χ2v) is 8.64. The number of nitrogens with one attached hydrogen (secondary N) is 3. The first-order chi connectivity index (χ1) is 16.1. The number of hydrogen-bond acceptors (Lipinski definition) is 6. The lowest BCUT2D eigenvalue weighted by molar-refractivity contribution is -0.122. The molecule has 0 fully saturated rings. The van der Waals surface area contributed by atoms with Crippen molar-refractivity contribution in [2.75, 3.05) is 5.75 Å². The van der Waals surface area contributed by atoms with Crippen LogP contribution < -0.4 is 10.6 Å². The number of amides is 2. The minimum Gasteiger partial charge on any atom is -0.341 e. The molecule has 0 saturated heterocycles. The van der Waals surface area contributed by atoms with E-state index >= 15 is 0 Å². The van der Waals surface area contributed by atoms with Crippen molar-refractivity contribution in [3.8, 4) is 0 Å². The Balaban J connectivity index is 1.58. The summed E-state index contributed by atoms with van der Waals surface area (Å²) in [6.45, 7) is 1.86. The molecule has 9 heteroatoms. The molecule has 3 N–H and O–H groups in total. The first-order valence-electron chi connectivity index (χ1n) is 11.1. The molecule has 1 aliphatic heterocycles. The Kier molecular flexibility index (Phi) is 9.44. The second kappa shape index (κ2) is 12.7. The summed E-state index contributed by atoms with van der Waals surface area (Å²) in [4.78, 5) is 48.0. The molecule has 0 saturated carbocycles. The van der Waals surface area contributed by atoms with Crippen LogP contribution in [0.25, 0.3) is 0 Å². The van der Waals surface area contributed by atoms with Crippen molar-refractivity contribution in [1.82, 2.24) is 20.6 Å². The second-order valence-electron chi connectivity index (χ2n) is 7.67. The lowest BCUT2D eigenvalue weighted by Crippen LogP contribution is -2.45. The van der Waals surface area contributed by atoms with Crippen molar-refractivity contribution in [3.63, 3.8) is 0 Å². The number of H-pyrrole nitrogens is 1. The minimum atomic E-state index is -0.715. The zero-order valence-electron chi connectivity index (χ0n) is 18.7. The van der Waals surface area contributed by atoms with Crippen molar-refractivity contribution in [2.24, 2.45) is 4.99 Å². The van der Waals surface area contributed by atoms with Crippen molar-refractivity contribution >= 4 is 34.4 Å². The molecular weight excluding hydrogens is 438 g/mol. The number of nitrogens with zero attached hydrogens (tertiary/aromatic N) is 2. The van der Waals surface area contributed by atoms with Gasteiger partial charge in [0.15, 0.2) is 5.82 Å². The molecule has 0 radical (unpaired) electrons. The third-order valence-electron chi connectivity index (χ3n) is 5.18. The van der Waals surface area contributed by atoms with Crippen molar-refractivity contribution in [1.29, 1.82) is 0 Å². The normalized spacial score (nSPS) is 15.2. The molecule has 2 amide bonds. The van der Waals surface area contributed by atoms with Crippen LogP contribution in [0.15, 0.2) is 59.6 Å². The average molecular weight is 468 g/mol. The molecule has 1 aromatic heterocycles. The van der Waals surface area contributed by atoms with Gasteiger partial charge in [0.25, 0.3) is 5.91 Å². The van der Waals surface area contributed by atoms with Gasteiger partial charge < -0.3 is 15.6 Å². The molecule has 0 spiro atoms. The number of carbonyl (C=O) groups is 3. The molecular formula is C24H29N5O3S. The molecule has 8 nitrogen and oxygen atoms in total. The summed E-state index contributed by atoms with van der Waals surface area (Å²) in [6, 6.07) is 9.18. The summed E-state index contributed by atoms with van der Waals surface area (Å²) in [5.74, 6) is 0.324. The summed E-state index contributed by atoms with van der Waals surface area (Å²) in [7, 11) is 0. The van der Waals surface area contributed by atoms with Crippen LogP contribution >= 0.6 is 11.8 Å². The maximum absolute atomic E-state index is 12.9. The Bertz CT molecular complexity index is 1000. The molecule has 0 aliphatic carbocycles. The van der Waals surface area contributed by atoms with Gasteiger partial charge in [-0.2, -0.15) is 0 Å². The van der Waals surface area contributed by atoms with E-state index in [2.05, 4.69) is 25.6 Å². The Morgan fingerprint density at radius 2 is 2.00 bits per heavy atom. The fourth-order valence-electron chi connectivity index (χ4n) is 3.30. The monoisotopic (exact) mass is 467 g/mol. The zero-order valence-corrected chi connectivity index (χ0v) is 19.5.